The van der Waals surface area contributed by atoms with Crippen molar-refractivity contribution in [2.24, 2.45) is 5.73 Å². The maximum Gasteiger partial charge on any atom is 0.243 e. The number of nitrogens with two attached hydrogens (primary N) is 1. The Balaban J connectivity index is 2.74. The molecule has 19 heavy (non-hydrogen) atoms. The van der Waals surface area contributed by atoms with Crippen LogP contribution in [0.4, 0.5) is 0 Å². The highest BCUT2D eigenvalue weighted by atomic mass is 16.5. The molecule has 0 atom stereocenters. The highest BCUT2D eigenvalue weighted by molar-refractivity contribution is 5.90. The molecule has 1 fully saturated rings. The topological polar surface area (TPSA) is 75.9 Å². The summed E-state index contributed by atoms with van der Waals surface area (Å²) in [6.07, 6.45) is 1.84. The van der Waals surface area contributed by atoms with Crippen LogP contribution in [0.1, 0.15) is 26.2 Å². The predicted octanol–water partition coefficient (Wildman–Crippen LogP) is -0.179. The number of ether oxygens (including phenoxy) is 1. The van der Waals surface area contributed by atoms with Crippen molar-refractivity contribution in [2.45, 2.75) is 31.7 Å². The first-order valence-electron chi connectivity index (χ1n) is 6.77. The third-order valence-corrected chi connectivity index (χ3v) is 3.42. The molecule has 0 spiro atoms. The Morgan fingerprint density at radius 1 is 1.26 bits per heavy atom. The van der Waals surface area contributed by atoms with Gasteiger partial charge in [-0.25, -0.2) is 0 Å². The van der Waals surface area contributed by atoms with Crippen LogP contribution < -0.4 is 5.73 Å². The molecule has 0 radical (unpaired) electrons. The van der Waals surface area contributed by atoms with Gasteiger partial charge in [0.05, 0.1) is 12.1 Å². The van der Waals surface area contributed by atoms with E-state index in [-0.39, 0.29) is 18.4 Å². The Labute approximate surface area is 114 Å². The van der Waals surface area contributed by atoms with Crippen LogP contribution in [0.3, 0.4) is 0 Å². The van der Waals surface area contributed by atoms with Gasteiger partial charge in [0.1, 0.15) is 0 Å². The monoisotopic (exact) mass is 271 g/mol. The molecule has 0 saturated carbocycles. The first-order chi connectivity index (χ1) is 8.90. The molecule has 2 amide bonds. The summed E-state index contributed by atoms with van der Waals surface area (Å²) in [5, 5.41) is 0. The lowest BCUT2D eigenvalue weighted by Crippen LogP contribution is -2.59. The third-order valence-electron chi connectivity index (χ3n) is 3.42. The number of rotatable bonds is 5. The van der Waals surface area contributed by atoms with E-state index in [0.29, 0.717) is 32.6 Å². The summed E-state index contributed by atoms with van der Waals surface area (Å²) in [5.41, 5.74) is 5.31. The molecule has 0 aromatic carbocycles. The minimum absolute atomic E-state index is 0.0857. The molecular formula is C13H25N3O3. The van der Waals surface area contributed by atoms with Crippen molar-refractivity contribution in [3.63, 3.8) is 0 Å². The van der Waals surface area contributed by atoms with Crippen LogP contribution in [-0.2, 0) is 14.3 Å². The van der Waals surface area contributed by atoms with Gasteiger partial charge in [0.15, 0.2) is 0 Å². The molecule has 2 N–H and O–H groups in total. The van der Waals surface area contributed by atoms with Gasteiger partial charge in [0.2, 0.25) is 11.8 Å². The van der Waals surface area contributed by atoms with Gasteiger partial charge in [-0.15, -0.1) is 0 Å². The normalized spacial score (nSPS) is 17.9. The fraction of sp³-hybridized carbons (Fsp3) is 0.846. The fourth-order valence-electron chi connectivity index (χ4n) is 2.09. The minimum atomic E-state index is -0.875. The second kappa shape index (κ2) is 6.86. The van der Waals surface area contributed by atoms with E-state index in [0.717, 1.165) is 6.42 Å². The average Bonchev–Trinajstić information content (AvgIpc) is 2.38. The predicted molar refractivity (Wildman–Crippen MR) is 72.5 cm³/mol. The molecule has 6 heteroatoms. The zero-order valence-electron chi connectivity index (χ0n) is 12.1. The van der Waals surface area contributed by atoms with Crippen LogP contribution in [0.5, 0.6) is 0 Å². The number of carbonyl (C=O) groups is 2. The molecule has 1 rings (SSSR count). The smallest absolute Gasteiger partial charge is 0.243 e. The van der Waals surface area contributed by atoms with Crippen LogP contribution in [0.25, 0.3) is 0 Å². The van der Waals surface area contributed by atoms with E-state index < -0.39 is 5.54 Å². The van der Waals surface area contributed by atoms with Crippen molar-refractivity contribution >= 4 is 11.8 Å². The van der Waals surface area contributed by atoms with E-state index in [9.17, 15) is 9.59 Å². The first kappa shape index (κ1) is 15.9. The number of carbonyl (C=O) groups excluding carboxylic acids is 2. The minimum Gasteiger partial charge on any atom is -0.381 e. The van der Waals surface area contributed by atoms with E-state index in [4.69, 9.17) is 10.5 Å². The number of nitrogens with zero attached hydrogens (tertiary/aromatic N) is 2. The van der Waals surface area contributed by atoms with Crippen LogP contribution in [0.15, 0.2) is 0 Å². The number of hydrogen-bond donors (Lipinski definition) is 1. The lowest BCUT2D eigenvalue weighted by atomic mass is 9.89. The Morgan fingerprint density at radius 3 is 2.32 bits per heavy atom. The Bertz CT molecular complexity index is 325. The standard InChI is InChI=1S/C13H25N3O3/c1-4-7-16(10-11(17)15(2)3)12(18)13(14)5-8-19-9-6-13/h4-10,14H2,1-3H3. The maximum atomic E-state index is 12.5. The Hall–Kier alpha value is -1.14. The summed E-state index contributed by atoms with van der Waals surface area (Å²) < 4.78 is 5.25. The van der Waals surface area contributed by atoms with Gasteiger partial charge < -0.3 is 20.3 Å². The molecule has 1 aliphatic heterocycles. The summed E-state index contributed by atoms with van der Waals surface area (Å²) in [4.78, 5) is 27.4. The highest BCUT2D eigenvalue weighted by Crippen LogP contribution is 2.20. The second-order valence-corrected chi connectivity index (χ2v) is 5.28. The molecular weight excluding hydrogens is 246 g/mol. The summed E-state index contributed by atoms with van der Waals surface area (Å²) in [6.45, 7) is 3.64. The summed E-state index contributed by atoms with van der Waals surface area (Å²) >= 11 is 0. The van der Waals surface area contributed by atoms with E-state index in [1.807, 2.05) is 6.92 Å². The van der Waals surface area contributed by atoms with Crippen molar-refractivity contribution in [2.75, 3.05) is 40.4 Å². The van der Waals surface area contributed by atoms with E-state index in [2.05, 4.69) is 0 Å². The maximum absolute atomic E-state index is 12.5. The summed E-state index contributed by atoms with van der Waals surface area (Å²) in [7, 11) is 3.37. The molecule has 6 nitrogen and oxygen atoms in total. The van der Waals surface area contributed by atoms with Gasteiger partial charge in [-0.05, 0) is 19.3 Å². The summed E-state index contributed by atoms with van der Waals surface area (Å²) in [5.74, 6) is -0.217. The van der Waals surface area contributed by atoms with Gasteiger partial charge in [0, 0.05) is 33.9 Å². The molecule has 0 bridgehead atoms. The highest BCUT2D eigenvalue weighted by Gasteiger charge is 2.39. The first-order valence-corrected chi connectivity index (χ1v) is 6.77. The lowest BCUT2D eigenvalue weighted by molar-refractivity contribution is -0.145. The van der Waals surface area contributed by atoms with Gasteiger partial charge in [0.25, 0.3) is 0 Å². The van der Waals surface area contributed by atoms with Crippen LogP contribution in [0, 0.1) is 0 Å². The van der Waals surface area contributed by atoms with Crippen LogP contribution >= 0.6 is 0 Å². The molecule has 110 valence electrons. The fourth-order valence-corrected chi connectivity index (χ4v) is 2.09. The zero-order valence-corrected chi connectivity index (χ0v) is 12.1. The van der Waals surface area contributed by atoms with Crippen LogP contribution in [0.2, 0.25) is 0 Å². The van der Waals surface area contributed by atoms with Crippen molar-refractivity contribution in [1.82, 2.24) is 9.80 Å². The van der Waals surface area contributed by atoms with Gasteiger partial charge in [-0.2, -0.15) is 0 Å². The van der Waals surface area contributed by atoms with Gasteiger partial charge >= 0.3 is 0 Å². The third kappa shape index (κ3) is 4.18. The van der Waals surface area contributed by atoms with Gasteiger partial charge in [-0.1, -0.05) is 6.92 Å². The van der Waals surface area contributed by atoms with E-state index >= 15 is 0 Å². The quantitative estimate of drug-likeness (QED) is 0.752. The molecule has 1 heterocycles. The molecule has 0 aromatic rings. The van der Waals surface area contributed by atoms with Crippen molar-refractivity contribution in [3.8, 4) is 0 Å². The largest absolute Gasteiger partial charge is 0.381 e. The number of hydrogen-bond acceptors (Lipinski definition) is 4. The van der Waals surface area contributed by atoms with Crippen molar-refractivity contribution in [3.05, 3.63) is 0 Å². The Morgan fingerprint density at radius 2 is 1.84 bits per heavy atom. The second-order valence-electron chi connectivity index (χ2n) is 5.28. The molecule has 1 saturated heterocycles. The number of amides is 2. The molecule has 0 aromatic heterocycles. The molecule has 0 unspecified atom stereocenters. The zero-order chi connectivity index (χ0) is 14.5. The lowest BCUT2D eigenvalue weighted by Gasteiger charge is -2.36. The molecule has 0 aliphatic carbocycles. The number of likely N-dealkylation sites (N-methyl/N-ethyl adjacent to an activating group) is 1. The SMILES string of the molecule is CCCN(CC(=O)N(C)C)C(=O)C1(N)CCOCC1. The average molecular weight is 271 g/mol. The molecule has 1 aliphatic rings. The van der Waals surface area contributed by atoms with Gasteiger partial charge in [-0.3, -0.25) is 9.59 Å². The van der Waals surface area contributed by atoms with Crippen molar-refractivity contribution in [1.29, 1.82) is 0 Å². The van der Waals surface area contributed by atoms with Crippen molar-refractivity contribution < 1.29 is 14.3 Å². The van der Waals surface area contributed by atoms with Crippen LogP contribution in [-0.4, -0.2) is 67.6 Å². The van der Waals surface area contributed by atoms with E-state index in [1.54, 1.807) is 19.0 Å². The Kier molecular flexibility index (Phi) is 5.75. The van der Waals surface area contributed by atoms with E-state index in [1.165, 1.54) is 4.90 Å². The summed E-state index contributed by atoms with van der Waals surface area (Å²) in [6, 6.07) is 0.